The number of aryl methyl sites for hydroxylation is 1. The maximum absolute atomic E-state index is 15.2. The van der Waals surface area contributed by atoms with Crippen molar-refractivity contribution in [3.05, 3.63) is 59.2 Å². The van der Waals surface area contributed by atoms with E-state index in [4.69, 9.17) is 19.2 Å². The Hall–Kier alpha value is -4.72. The number of nitrogens with zero attached hydrogens (tertiary/aromatic N) is 5. The Balaban J connectivity index is 1.42. The fourth-order valence-electron chi connectivity index (χ4n) is 5.77. The molecule has 5 rings (SSSR count). The van der Waals surface area contributed by atoms with E-state index in [0.29, 0.717) is 11.3 Å². The molecule has 2 fully saturated rings. The van der Waals surface area contributed by atoms with Crippen LogP contribution in [0.5, 0.6) is 11.5 Å². The molecule has 2 saturated heterocycles. The number of halogens is 1. The predicted molar refractivity (Wildman–Crippen MR) is 169 cm³/mol. The third-order valence-corrected chi connectivity index (χ3v) is 8.69. The molecule has 0 unspecified atom stereocenters. The van der Waals surface area contributed by atoms with E-state index in [0.717, 1.165) is 43.4 Å². The van der Waals surface area contributed by atoms with Crippen LogP contribution in [0.25, 0.3) is 0 Å². The van der Waals surface area contributed by atoms with Gasteiger partial charge in [0.2, 0.25) is 0 Å². The number of benzene rings is 1. The minimum absolute atomic E-state index is 0.0488. The lowest BCUT2D eigenvalue weighted by atomic mass is 9.96. The van der Waals surface area contributed by atoms with Crippen LogP contribution in [-0.2, 0) is 20.9 Å². The number of nitrogens with one attached hydrogen (secondary N) is 1. The van der Waals surface area contributed by atoms with Crippen molar-refractivity contribution in [1.82, 2.24) is 25.0 Å². The van der Waals surface area contributed by atoms with Gasteiger partial charge in [-0.3, -0.25) is 14.4 Å². The van der Waals surface area contributed by atoms with Gasteiger partial charge in [0.25, 0.3) is 11.8 Å². The summed E-state index contributed by atoms with van der Waals surface area (Å²) in [5.74, 6) is -2.23. The summed E-state index contributed by atoms with van der Waals surface area (Å²) in [7, 11) is 1.29. The van der Waals surface area contributed by atoms with Gasteiger partial charge in [0, 0.05) is 32.7 Å². The standard InChI is InChI=1S/C33H41FN6O7/c1-8-37-13-15-38(16-14-37)25-12-11-23(20(2)35-25)47-21(3)33(29(42)40(31(44)36-33)19-46-30(43)32(4,5)6)18-39-17-22-9-10-24(45-7)27(34)26(22)28(39)41/h9-12H,3,8,13-19H2,1-2,4-7H3,(H,36,44)/t33-/m0/s1. The molecule has 0 saturated carbocycles. The van der Waals surface area contributed by atoms with Gasteiger partial charge in [-0.2, -0.15) is 0 Å². The number of aromatic nitrogens is 1. The zero-order valence-electron chi connectivity index (χ0n) is 27.6. The van der Waals surface area contributed by atoms with E-state index in [-0.39, 0.29) is 29.4 Å². The van der Waals surface area contributed by atoms with Crippen LogP contribution in [-0.4, -0.2) is 102 Å². The highest BCUT2D eigenvalue weighted by atomic mass is 19.1. The highest BCUT2D eigenvalue weighted by Crippen LogP contribution is 2.36. The van der Waals surface area contributed by atoms with Crippen molar-refractivity contribution >= 4 is 29.6 Å². The van der Waals surface area contributed by atoms with Crippen LogP contribution >= 0.6 is 0 Å². The van der Waals surface area contributed by atoms with Crippen molar-refractivity contribution in [3.63, 3.8) is 0 Å². The van der Waals surface area contributed by atoms with E-state index < -0.39 is 53.9 Å². The number of ether oxygens (including phenoxy) is 3. The summed E-state index contributed by atoms with van der Waals surface area (Å²) in [5, 5.41) is 2.63. The number of carbonyl (C=O) groups is 4. The quantitative estimate of drug-likeness (QED) is 0.232. The second kappa shape index (κ2) is 12.8. The third-order valence-electron chi connectivity index (χ3n) is 8.69. The number of imide groups is 1. The van der Waals surface area contributed by atoms with E-state index in [1.807, 2.05) is 6.07 Å². The Morgan fingerprint density at radius 3 is 2.38 bits per heavy atom. The van der Waals surface area contributed by atoms with Gasteiger partial charge < -0.3 is 34.2 Å². The normalized spacial score (nSPS) is 20.0. The first-order chi connectivity index (χ1) is 22.2. The highest BCUT2D eigenvalue weighted by molar-refractivity contribution is 6.09. The number of esters is 1. The number of amides is 4. The van der Waals surface area contributed by atoms with Crippen LogP contribution in [0.4, 0.5) is 15.0 Å². The Bertz CT molecular complexity index is 1620. The van der Waals surface area contributed by atoms with Gasteiger partial charge in [0.1, 0.15) is 17.3 Å². The average Bonchev–Trinajstić information content (AvgIpc) is 3.48. The molecule has 0 aliphatic carbocycles. The van der Waals surface area contributed by atoms with Crippen molar-refractivity contribution in [3.8, 4) is 11.5 Å². The topological polar surface area (TPSA) is 134 Å². The van der Waals surface area contributed by atoms with E-state index >= 15 is 4.39 Å². The molecule has 0 bridgehead atoms. The number of hydrogen-bond donors (Lipinski definition) is 1. The Kier molecular flexibility index (Phi) is 9.18. The number of rotatable bonds is 10. The first-order valence-corrected chi connectivity index (χ1v) is 15.5. The largest absolute Gasteiger partial charge is 0.494 e. The third kappa shape index (κ3) is 6.33. The lowest BCUT2D eigenvalue weighted by molar-refractivity contribution is -0.158. The lowest BCUT2D eigenvalue weighted by Gasteiger charge is -2.35. The van der Waals surface area contributed by atoms with Crippen molar-refractivity contribution in [2.75, 3.05) is 58.0 Å². The second-order valence-corrected chi connectivity index (χ2v) is 12.9. The number of pyridine rings is 1. The predicted octanol–water partition coefficient (Wildman–Crippen LogP) is 3.07. The van der Waals surface area contributed by atoms with Crippen LogP contribution in [0.2, 0.25) is 0 Å². The fourth-order valence-corrected chi connectivity index (χ4v) is 5.77. The molecule has 14 heteroatoms. The molecule has 1 aromatic heterocycles. The minimum atomic E-state index is -2.01. The molecule has 1 atom stereocenters. The van der Waals surface area contributed by atoms with Crippen LogP contribution in [0.15, 0.2) is 36.6 Å². The summed E-state index contributed by atoms with van der Waals surface area (Å²) >= 11 is 0. The van der Waals surface area contributed by atoms with Gasteiger partial charge >= 0.3 is 12.0 Å². The Morgan fingerprint density at radius 1 is 1.09 bits per heavy atom. The minimum Gasteiger partial charge on any atom is -0.494 e. The second-order valence-electron chi connectivity index (χ2n) is 12.9. The van der Waals surface area contributed by atoms with Gasteiger partial charge in [0.15, 0.2) is 23.8 Å². The Labute approximate surface area is 273 Å². The summed E-state index contributed by atoms with van der Waals surface area (Å²) in [4.78, 5) is 64.6. The highest BCUT2D eigenvalue weighted by Gasteiger charge is 2.57. The number of carbonyl (C=O) groups excluding carboxylic acids is 4. The first-order valence-electron chi connectivity index (χ1n) is 15.5. The van der Waals surface area contributed by atoms with Gasteiger partial charge in [0.05, 0.1) is 30.3 Å². The van der Waals surface area contributed by atoms with Gasteiger partial charge in [-0.1, -0.05) is 19.6 Å². The average molecular weight is 653 g/mol. The molecule has 0 radical (unpaired) electrons. The van der Waals surface area contributed by atoms with E-state index in [9.17, 15) is 19.2 Å². The number of hydrogen-bond acceptors (Lipinski definition) is 10. The summed E-state index contributed by atoms with van der Waals surface area (Å²) in [6.45, 7) is 16.1. The van der Waals surface area contributed by atoms with Crippen LogP contribution in [0.3, 0.4) is 0 Å². The summed E-state index contributed by atoms with van der Waals surface area (Å²) in [5.41, 5.74) is -2.18. The number of methoxy groups -OCH3 is 1. The zero-order valence-corrected chi connectivity index (χ0v) is 27.6. The maximum Gasteiger partial charge on any atom is 0.328 e. The number of fused-ring (bicyclic) bond motifs is 1. The summed E-state index contributed by atoms with van der Waals surface area (Å²) < 4.78 is 31.6. The molecule has 252 valence electrons. The Morgan fingerprint density at radius 2 is 1.77 bits per heavy atom. The van der Waals surface area contributed by atoms with E-state index in [2.05, 4.69) is 28.6 Å². The van der Waals surface area contributed by atoms with E-state index in [1.54, 1.807) is 39.8 Å². The first kappa shape index (κ1) is 33.6. The molecule has 1 aromatic carbocycles. The summed E-state index contributed by atoms with van der Waals surface area (Å²) in [6, 6.07) is 5.63. The summed E-state index contributed by atoms with van der Waals surface area (Å²) in [6.07, 6.45) is 0. The smallest absolute Gasteiger partial charge is 0.328 e. The molecule has 0 spiro atoms. The molecule has 4 heterocycles. The number of piperazine rings is 1. The number of likely N-dealkylation sites (N-methyl/N-ethyl adjacent to an activating group) is 1. The van der Waals surface area contributed by atoms with E-state index in [1.165, 1.54) is 18.1 Å². The molecule has 13 nitrogen and oxygen atoms in total. The molecule has 3 aliphatic heterocycles. The number of urea groups is 1. The molecule has 4 amide bonds. The molecule has 3 aliphatic rings. The monoisotopic (exact) mass is 652 g/mol. The SMILES string of the molecule is C=C(Oc1ccc(N2CCN(CC)CC2)nc1C)[C@]1(CN2Cc3ccc(OC)c(F)c3C2=O)NC(=O)N(COC(=O)C(C)(C)C)C1=O. The van der Waals surface area contributed by atoms with Crippen LogP contribution in [0, 0.1) is 18.2 Å². The molecule has 1 N–H and O–H groups in total. The van der Waals surface area contributed by atoms with Crippen LogP contribution in [0.1, 0.15) is 49.3 Å². The molecular formula is C33H41FN6O7. The molecule has 47 heavy (non-hydrogen) atoms. The fraction of sp³-hybridized carbons (Fsp3) is 0.485. The molecule has 2 aromatic rings. The van der Waals surface area contributed by atoms with Crippen molar-refractivity contribution in [2.24, 2.45) is 5.41 Å². The lowest BCUT2D eigenvalue weighted by Crippen LogP contribution is -2.57. The van der Waals surface area contributed by atoms with Crippen LogP contribution < -0.4 is 19.7 Å². The number of anilines is 1. The maximum atomic E-state index is 15.2. The van der Waals surface area contributed by atoms with Crippen molar-refractivity contribution in [1.29, 1.82) is 0 Å². The van der Waals surface area contributed by atoms with Gasteiger partial charge in [-0.15, -0.1) is 0 Å². The van der Waals surface area contributed by atoms with Crippen molar-refractivity contribution in [2.45, 2.75) is 46.7 Å². The molecular weight excluding hydrogens is 611 g/mol. The van der Waals surface area contributed by atoms with Gasteiger partial charge in [-0.05, 0) is 58.0 Å². The van der Waals surface area contributed by atoms with Gasteiger partial charge in [-0.25, -0.2) is 19.1 Å². The van der Waals surface area contributed by atoms with Crippen molar-refractivity contribution < 1.29 is 37.8 Å². The zero-order chi connectivity index (χ0) is 34.3.